The largest absolute Gasteiger partial charge is 0.497 e. The Labute approximate surface area is 200 Å². The van der Waals surface area contributed by atoms with Crippen molar-refractivity contribution in [2.75, 3.05) is 53.0 Å². The van der Waals surface area contributed by atoms with Crippen molar-refractivity contribution in [3.05, 3.63) is 65.7 Å². The van der Waals surface area contributed by atoms with Gasteiger partial charge in [-0.1, -0.05) is 42.5 Å². The summed E-state index contributed by atoms with van der Waals surface area (Å²) in [5.74, 6) is 0.435. The molecule has 8 heteroatoms. The highest BCUT2D eigenvalue weighted by molar-refractivity contribution is 6.03. The van der Waals surface area contributed by atoms with E-state index in [0.29, 0.717) is 26.2 Å². The van der Waals surface area contributed by atoms with E-state index in [2.05, 4.69) is 4.90 Å². The fourth-order valence-electron chi connectivity index (χ4n) is 4.32. The van der Waals surface area contributed by atoms with Crippen LogP contribution in [0.5, 0.6) is 5.75 Å². The molecule has 1 fully saturated rings. The Bertz CT molecular complexity index is 1020. The number of morpholine rings is 1. The first-order valence-electron chi connectivity index (χ1n) is 11.7. The summed E-state index contributed by atoms with van der Waals surface area (Å²) in [6.45, 7) is 5.81. The normalized spacial score (nSPS) is 18.5. The van der Waals surface area contributed by atoms with Crippen molar-refractivity contribution in [1.29, 1.82) is 0 Å². The van der Waals surface area contributed by atoms with Gasteiger partial charge in [-0.2, -0.15) is 5.10 Å². The molecule has 0 aliphatic carbocycles. The van der Waals surface area contributed by atoms with E-state index in [-0.39, 0.29) is 24.4 Å². The maximum absolute atomic E-state index is 13.5. The highest BCUT2D eigenvalue weighted by Gasteiger charge is 2.34. The van der Waals surface area contributed by atoms with Crippen molar-refractivity contribution >= 4 is 17.5 Å². The number of nitrogens with zero attached hydrogens (tertiary/aromatic N) is 4. The Morgan fingerprint density at radius 3 is 2.59 bits per heavy atom. The molecule has 0 bridgehead atoms. The van der Waals surface area contributed by atoms with Crippen molar-refractivity contribution < 1.29 is 19.1 Å². The van der Waals surface area contributed by atoms with E-state index < -0.39 is 0 Å². The zero-order valence-corrected chi connectivity index (χ0v) is 19.9. The van der Waals surface area contributed by atoms with Crippen molar-refractivity contribution in [3.8, 4) is 5.75 Å². The average molecular weight is 465 g/mol. The maximum Gasteiger partial charge on any atom is 0.262 e. The predicted molar refractivity (Wildman–Crippen MR) is 130 cm³/mol. The Morgan fingerprint density at radius 1 is 1.12 bits per heavy atom. The number of amides is 2. The fourth-order valence-corrected chi connectivity index (χ4v) is 4.32. The van der Waals surface area contributed by atoms with Crippen LogP contribution in [0.4, 0.5) is 0 Å². The Hall–Kier alpha value is -3.23. The second kappa shape index (κ2) is 11.3. The van der Waals surface area contributed by atoms with Crippen LogP contribution in [-0.2, 0) is 14.3 Å². The summed E-state index contributed by atoms with van der Waals surface area (Å²) in [5, 5.41) is 6.28. The molecule has 1 atom stereocenters. The highest BCUT2D eigenvalue weighted by Crippen LogP contribution is 2.33. The van der Waals surface area contributed by atoms with Gasteiger partial charge >= 0.3 is 0 Å². The molecule has 4 rings (SSSR count). The molecule has 1 saturated heterocycles. The van der Waals surface area contributed by atoms with E-state index in [0.717, 1.165) is 42.2 Å². The van der Waals surface area contributed by atoms with E-state index in [1.165, 1.54) is 6.92 Å². The summed E-state index contributed by atoms with van der Waals surface area (Å²) in [5.41, 5.74) is 2.76. The van der Waals surface area contributed by atoms with Crippen LogP contribution in [-0.4, -0.2) is 85.4 Å². The lowest BCUT2D eigenvalue weighted by atomic mass is 9.98. The summed E-state index contributed by atoms with van der Waals surface area (Å²) in [6.07, 6.45) is 0.594. The van der Waals surface area contributed by atoms with Gasteiger partial charge < -0.3 is 14.4 Å². The van der Waals surface area contributed by atoms with E-state index >= 15 is 0 Å². The lowest BCUT2D eigenvalue weighted by Gasteiger charge is -2.30. The van der Waals surface area contributed by atoms with E-state index in [1.54, 1.807) is 17.0 Å². The van der Waals surface area contributed by atoms with E-state index in [9.17, 15) is 9.59 Å². The van der Waals surface area contributed by atoms with Crippen LogP contribution >= 0.6 is 0 Å². The van der Waals surface area contributed by atoms with Gasteiger partial charge in [-0.05, 0) is 17.7 Å². The van der Waals surface area contributed by atoms with Crippen LogP contribution < -0.4 is 4.74 Å². The number of hydrogen-bond donors (Lipinski definition) is 0. The standard InChI is InChI=1S/C26H32N4O4/c1-20(31)29(12-11-28-13-15-34-16-14-28)19-26(32)30-25(21-7-4-3-5-8-21)18-24(27-30)22-9-6-10-23(17-22)33-2/h3-10,17,25H,11-16,18-19H2,1-2H3. The topological polar surface area (TPSA) is 74.7 Å². The van der Waals surface area contributed by atoms with Gasteiger partial charge in [0.1, 0.15) is 12.3 Å². The lowest BCUT2D eigenvalue weighted by Crippen LogP contribution is -2.45. The summed E-state index contributed by atoms with van der Waals surface area (Å²) < 4.78 is 10.8. The maximum atomic E-state index is 13.5. The predicted octanol–water partition coefficient (Wildman–Crippen LogP) is 2.55. The van der Waals surface area contributed by atoms with E-state index in [1.807, 2.05) is 54.6 Å². The number of ether oxygens (including phenoxy) is 2. The summed E-state index contributed by atoms with van der Waals surface area (Å²) >= 11 is 0. The molecule has 34 heavy (non-hydrogen) atoms. The Balaban J connectivity index is 1.52. The second-order valence-electron chi connectivity index (χ2n) is 8.54. The monoisotopic (exact) mass is 464 g/mol. The van der Waals surface area contributed by atoms with Gasteiger partial charge in [-0.3, -0.25) is 14.5 Å². The first kappa shape index (κ1) is 23.9. The highest BCUT2D eigenvalue weighted by atomic mass is 16.5. The first-order valence-corrected chi connectivity index (χ1v) is 11.7. The lowest BCUT2D eigenvalue weighted by molar-refractivity contribution is -0.140. The number of carbonyl (C=O) groups is 2. The summed E-state index contributed by atoms with van der Waals surface area (Å²) in [6, 6.07) is 17.4. The number of hydrazone groups is 1. The number of hydrogen-bond acceptors (Lipinski definition) is 6. The summed E-state index contributed by atoms with van der Waals surface area (Å²) in [7, 11) is 1.63. The minimum atomic E-state index is -0.219. The molecule has 2 aromatic carbocycles. The third-order valence-electron chi connectivity index (χ3n) is 6.31. The molecule has 2 aliphatic heterocycles. The van der Waals surface area contributed by atoms with Crippen LogP contribution in [0.15, 0.2) is 59.7 Å². The zero-order valence-electron chi connectivity index (χ0n) is 19.9. The zero-order chi connectivity index (χ0) is 23.9. The van der Waals surface area contributed by atoms with Crippen molar-refractivity contribution in [2.24, 2.45) is 5.10 Å². The van der Waals surface area contributed by atoms with Crippen molar-refractivity contribution in [1.82, 2.24) is 14.8 Å². The molecule has 0 radical (unpaired) electrons. The third kappa shape index (κ3) is 5.81. The van der Waals surface area contributed by atoms with Crippen LogP contribution in [0.2, 0.25) is 0 Å². The number of benzene rings is 2. The van der Waals surface area contributed by atoms with Crippen LogP contribution in [0.3, 0.4) is 0 Å². The van der Waals surface area contributed by atoms with E-state index in [4.69, 9.17) is 14.6 Å². The summed E-state index contributed by atoms with van der Waals surface area (Å²) in [4.78, 5) is 29.7. The number of methoxy groups -OCH3 is 1. The molecule has 2 heterocycles. The number of carbonyl (C=O) groups excluding carboxylic acids is 2. The van der Waals surface area contributed by atoms with Gasteiger partial charge in [0.05, 0.1) is 32.1 Å². The van der Waals surface area contributed by atoms with Gasteiger partial charge in [-0.25, -0.2) is 5.01 Å². The molecular weight excluding hydrogens is 432 g/mol. The SMILES string of the molecule is COc1cccc(C2=NN(C(=O)CN(CCN3CCOCC3)C(C)=O)C(c3ccccc3)C2)c1. The van der Waals surface area contributed by atoms with Crippen LogP contribution in [0.25, 0.3) is 0 Å². The Morgan fingerprint density at radius 2 is 1.88 bits per heavy atom. The molecule has 2 aromatic rings. The fraction of sp³-hybridized carbons (Fsp3) is 0.423. The van der Waals surface area contributed by atoms with Crippen LogP contribution in [0, 0.1) is 0 Å². The quantitative estimate of drug-likeness (QED) is 0.600. The number of rotatable bonds is 8. The minimum Gasteiger partial charge on any atom is -0.497 e. The molecule has 2 aliphatic rings. The van der Waals surface area contributed by atoms with Gasteiger partial charge in [0.25, 0.3) is 5.91 Å². The van der Waals surface area contributed by atoms with Gasteiger partial charge in [0.2, 0.25) is 5.91 Å². The molecule has 2 amide bonds. The van der Waals surface area contributed by atoms with Crippen molar-refractivity contribution in [2.45, 2.75) is 19.4 Å². The Kier molecular flexibility index (Phi) is 7.92. The first-order chi connectivity index (χ1) is 16.5. The second-order valence-corrected chi connectivity index (χ2v) is 8.54. The molecule has 180 valence electrons. The van der Waals surface area contributed by atoms with Gasteiger partial charge in [-0.15, -0.1) is 0 Å². The average Bonchev–Trinajstić information content (AvgIpc) is 3.33. The molecule has 0 spiro atoms. The molecule has 0 saturated carbocycles. The third-order valence-corrected chi connectivity index (χ3v) is 6.31. The van der Waals surface area contributed by atoms with Crippen molar-refractivity contribution in [3.63, 3.8) is 0 Å². The minimum absolute atomic E-state index is 0.00209. The molecule has 8 nitrogen and oxygen atoms in total. The molecule has 1 unspecified atom stereocenters. The van der Waals surface area contributed by atoms with Gasteiger partial charge in [0, 0.05) is 45.1 Å². The molecular formula is C26H32N4O4. The smallest absolute Gasteiger partial charge is 0.262 e. The molecule has 0 aromatic heterocycles. The molecule has 0 N–H and O–H groups in total. The van der Waals surface area contributed by atoms with Crippen LogP contribution in [0.1, 0.15) is 30.5 Å². The van der Waals surface area contributed by atoms with Gasteiger partial charge in [0.15, 0.2) is 0 Å².